The molecule has 7 heteroatoms. The van der Waals surface area contributed by atoms with Gasteiger partial charge in [0, 0.05) is 0 Å². The first-order valence-electron chi connectivity index (χ1n) is 8.21. The van der Waals surface area contributed by atoms with Crippen LogP contribution in [0.25, 0.3) is 0 Å². The van der Waals surface area contributed by atoms with Crippen molar-refractivity contribution in [1.82, 2.24) is 0 Å². The topological polar surface area (TPSA) is 124 Å². The third-order valence-corrected chi connectivity index (χ3v) is 3.61. The molecule has 2 fully saturated rings. The summed E-state index contributed by atoms with van der Waals surface area (Å²) >= 11 is 0. The van der Waals surface area contributed by atoms with Gasteiger partial charge >= 0.3 is 11.9 Å². The molecular formula is C16H30O7. The van der Waals surface area contributed by atoms with Crippen molar-refractivity contribution < 1.29 is 34.8 Å². The molecular weight excluding hydrogens is 304 g/mol. The number of hydrogen-bond donors (Lipinski definition) is 4. The smallest absolute Gasteiger partial charge is 0.334 e. The van der Waals surface area contributed by atoms with Crippen LogP contribution in [0.2, 0.25) is 0 Å². The summed E-state index contributed by atoms with van der Waals surface area (Å²) in [7, 11) is 0. The Morgan fingerprint density at radius 2 is 1.30 bits per heavy atom. The highest BCUT2D eigenvalue weighted by molar-refractivity contribution is 5.74. The van der Waals surface area contributed by atoms with Gasteiger partial charge in [0.05, 0.1) is 6.10 Å². The SMILES string of the molecule is C[C@H](O)C(=O)O.C[C@H](O)C(=O)OC1CCCC1.OC1CCCC1. The lowest BCUT2D eigenvalue weighted by Gasteiger charge is -2.11. The summed E-state index contributed by atoms with van der Waals surface area (Å²) in [5, 5.41) is 33.3. The maximum atomic E-state index is 10.8. The van der Waals surface area contributed by atoms with Gasteiger partial charge in [-0.1, -0.05) is 12.8 Å². The lowest BCUT2D eigenvalue weighted by Crippen LogP contribution is -2.24. The molecule has 0 amide bonds. The van der Waals surface area contributed by atoms with Crippen molar-refractivity contribution in [1.29, 1.82) is 0 Å². The van der Waals surface area contributed by atoms with E-state index in [4.69, 9.17) is 25.2 Å². The zero-order chi connectivity index (χ0) is 17.8. The van der Waals surface area contributed by atoms with Crippen LogP contribution in [0.1, 0.15) is 65.2 Å². The molecule has 4 N–H and O–H groups in total. The quantitative estimate of drug-likeness (QED) is 0.572. The van der Waals surface area contributed by atoms with E-state index in [2.05, 4.69) is 0 Å². The van der Waals surface area contributed by atoms with Gasteiger partial charge in [0.2, 0.25) is 0 Å². The highest BCUT2D eigenvalue weighted by atomic mass is 16.6. The van der Waals surface area contributed by atoms with Crippen molar-refractivity contribution in [2.75, 3.05) is 0 Å². The predicted molar refractivity (Wildman–Crippen MR) is 83.8 cm³/mol. The molecule has 0 spiro atoms. The number of esters is 1. The molecule has 0 radical (unpaired) electrons. The number of rotatable bonds is 3. The number of hydrogen-bond acceptors (Lipinski definition) is 6. The molecule has 0 saturated heterocycles. The number of aliphatic carboxylic acids is 1. The Morgan fingerprint density at radius 1 is 0.913 bits per heavy atom. The lowest BCUT2D eigenvalue weighted by molar-refractivity contribution is -0.157. The predicted octanol–water partition coefficient (Wildman–Crippen LogP) is 1.23. The van der Waals surface area contributed by atoms with E-state index in [1.54, 1.807) is 0 Å². The Balaban J connectivity index is 0.000000344. The van der Waals surface area contributed by atoms with Gasteiger partial charge in [-0.2, -0.15) is 0 Å². The van der Waals surface area contributed by atoms with Crippen molar-refractivity contribution in [3.8, 4) is 0 Å². The zero-order valence-electron chi connectivity index (χ0n) is 14.0. The Bertz CT molecular complexity index is 329. The molecule has 7 nitrogen and oxygen atoms in total. The molecule has 0 aromatic heterocycles. The maximum absolute atomic E-state index is 10.8. The average Bonchev–Trinajstić information content (AvgIpc) is 3.13. The van der Waals surface area contributed by atoms with Crippen molar-refractivity contribution in [2.45, 2.75) is 89.6 Å². The standard InChI is InChI=1S/C8H14O3.C5H10O.C3H6O3/c1-6(9)8(10)11-7-4-2-3-5-7;6-5-3-1-2-4-5;1-2(4)3(5)6/h6-7,9H,2-5H2,1H3;5-6H,1-4H2;2,4H,1H3,(H,5,6)/t6-;;2-/m0.0/s1. The highest BCUT2D eigenvalue weighted by Crippen LogP contribution is 2.21. The third kappa shape index (κ3) is 12.0. The van der Waals surface area contributed by atoms with E-state index in [1.807, 2.05) is 0 Å². The summed E-state index contributed by atoms with van der Waals surface area (Å²) in [5.41, 5.74) is 0. The summed E-state index contributed by atoms with van der Waals surface area (Å²) in [6, 6.07) is 0. The van der Waals surface area contributed by atoms with Crippen LogP contribution < -0.4 is 0 Å². The fourth-order valence-electron chi connectivity index (χ4n) is 2.17. The van der Waals surface area contributed by atoms with Gasteiger partial charge in [-0.25, -0.2) is 9.59 Å². The van der Waals surface area contributed by atoms with Gasteiger partial charge in [0.25, 0.3) is 0 Å². The van der Waals surface area contributed by atoms with E-state index < -0.39 is 24.1 Å². The first-order chi connectivity index (χ1) is 10.7. The number of ether oxygens (including phenoxy) is 1. The second-order valence-corrected chi connectivity index (χ2v) is 5.97. The second-order valence-electron chi connectivity index (χ2n) is 5.97. The highest BCUT2D eigenvalue weighted by Gasteiger charge is 2.21. The molecule has 0 aliphatic heterocycles. The van der Waals surface area contributed by atoms with Crippen molar-refractivity contribution in [3.05, 3.63) is 0 Å². The first kappa shape index (κ1) is 21.8. The largest absolute Gasteiger partial charge is 0.479 e. The molecule has 0 bridgehead atoms. The summed E-state index contributed by atoms with van der Waals surface area (Å²) in [6.07, 6.45) is 6.65. The van der Waals surface area contributed by atoms with Crippen LogP contribution in [0.5, 0.6) is 0 Å². The monoisotopic (exact) mass is 334 g/mol. The second kappa shape index (κ2) is 12.3. The van der Waals surface area contributed by atoms with Crippen LogP contribution in [0.15, 0.2) is 0 Å². The average molecular weight is 334 g/mol. The molecule has 23 heavy (non-hydrogen) atoms. The molecule has 2 atom stereocenters. The normalized spacial score (nSPS) is 20.6. The van der Waals surface area contributed by atoms with Crippen LogP contribution in [-0.2, 0) is 14.3 Å². The minimum absolute atomic E-state index is 0.0463. The molecule has 2 aliphatic carbocycles. The van der Waals surface area contributed by atoms with E-state index >= 15 is 0 Å². The third-order valence-electron chi connectivity index (χ3n) is 3.61. The van der Waals surface area contributed by atoms with Crippen LogP contribution in [0.4, 0.5) is 0 Å². The number of carboxylic acids is 1. The minimum atomic E-state index is -1.23. The van der Waals surface area contributed by atoms with Gasteiger partial charge < -0.3 is 25.2 Å². The van der Waals surface area contributed by atoms with Gasteiger partial charge in [-0.05, 0) is 52.4 Å². The van der Waals surface area contributed by atoms with E-state index in [9.17, 15) is 9.59 Å². The van der Waals surface area contributed by atoms with E-state index in [1.165, 1.54) is 26.7 Å². The summed E-state index contributed by atoms with van der Waals surface area (Å²) < 4.78 is 4.98. The van der Waals surface area contributed by atoms with Gasteiger partial charge in [0.1, 0.15) is 18.3 Å². The first-order valence-corrected chi connectivity index (χ1v) is 8.21. The molecule has 2 saturated carbocycles. The molecule has 0 unspecified atom stereocenters. The fourth-order valence-corrected chi connectivity index (χ4v) is 2.17. The van der Waals surface area contributed by atoms with Crippen LogP contribution >= 0.6 is 0 Å². The number of carbonyl (C=O) groups excluding carboxylic acids is 1. The maximum Gasteiger partial charge on any atom is 0.334 e. The van der Waals surface area contributed by atoms with Crippen molar-refractivity contribution in [3.63, 3.8) is 0 Å². The van der Waals surface area contributed by atoms with Crippen LogP contribution in [0.3, 0.4) is 0 Å². The summed E-state index contributed by atoms with van der Waals surface area (Å²) in [5.74, 6) is -1.67. The van der Waals surface area contributed by atoms with E-state index in [0.29, 0.717) is 0 Å². The summed E-state index contributed by atoms with van der Waals surface area (Å²) in [4.78, 5) is 20.3. The van der Waals surface area contributed by atoms with Gasteiger partial charge in [0.15, 0.2) is 0 Å². The van der Waals surface area contributed by atoms with E-state index in [0.717, 1.165) is 38.5 Å². The van der Waals surface area contributed by atoms with E-state index in [-0.39, 0.29) is 12.2 Å². The number of carbonyl (C=O) groups is 2. The Hall–Kier alpha value is -1.18. The fraction of sp³-hybridized carbons (Fsp3) is 0.875. The van der Waals surface area contributed by atoms with Crippen LogP contribution in [-0.4, -0.2) is 56.8 Å². The number of aliphatic hydroxyl groups is 3. The molecule has 0 aromatic rings. The Morgan fingerprint density at radius 3 is 1.57 bits per heavy atom. The molecule has 0 heterocycles. The summed E-state index contributed by atoms with van der Waals surface area (Å²) in [6.45, 7) is 2.62. The molecule has 136 valence electrons. The van der Waals surface area contributed by atoms with Gasteiger partial charge in [-0.15, -0.1) is 0 Å². The number of carboxylic acid groups (broad SMARTS) is 1. The molecule has 2 rings (SSSR count). The zero-order valence-corrected chi connectivity index (χ0v) is 14.0. The Labute approximate surface area is 137 Å². The van der Waals surface area contributed by atoms with Gasteiger partial charge in [-0.3, -0.25) is 0 Å². The van der Waals surface area contributed by atoms with Crippen molar-refractivity contribution in [2.24, 2.45) is 0 Å². The van der Waals surface area contributed by atoms with Crippen molar-refractivity contribution >= 4 is 11.9 Å². The number of aliphatic hydroxyl groups excluding tert-OH is 3. The minimum Gasteiger partial charge on any atom is -0.479 e. The molecule has 0 aromatic carbocycles. The lowest BCUT2D eigenvalue weighted by atomic mass is 10.3. The Kier molecular flexibility index (Phi) is 11.6. The van der Waals surface area contributed by atoms with Crippen LogP contribution in [0, 0.1) is 0 Å². The molecule has 2 aliphatic rings.